The Morgan fingerprint density at radius 1 is 1.00 bits per heavy atom. The van der Waals surface area contributed by atoms with E-state index in [1.807, 2.05) is 36.4 Å². The van der Waals surface area contributed by atoms with Crippen LogP contribution >= 0.6 is 11.8 Å². The number of thioether (sulfide) groups is 1. The summed E-state index contributed by atoms with van der Waals surface area (Å²) in [4.78, 5) is 42.8. The second kappa shape index (κ2) is 9.70. The summed E-state index contributed by atoms with van der Waals surface area (Å²) in [5, 5.41) is 3.02. The Labute approximate surface area is 194 Å². The molecule has 0 saturated heterocycles. The van der Waals surface area contributed by atoms with E-state index in [9.17, 15) is 14.4 Å². The molecule has 0 bridgehead atoms. The maximum atomic E-state index is 13.4. The van der Waals surface area contributed by atoms with Gasteiger partial charge in [0.25, 0.3) is 5.56 Å². The fourth-order valence-corrected chi connectivity index (χ4v) is 4.20. The normalized spacial score (nSPS) is 11.7. The molecule has 166 valence electrons. The van der Waals surface area contributed by atoms with Gasteiger partial charge in [-0.25, -0.2) is 9.78 Å². The molecule has 0 spiro atoms. The van der Waals surface area contributed by atoms with Gasteiger partial charge in [0.1, 0.15) is 0 Å². The molecule has 0 aliphatic heterocycles. The maximum absolute atomic E-state index is 13.4. The highest BCUT2D eigenvalue weighted by Gasteiger charge is 2.21. The van der Waals surface area contributed by atoms with E-state index in [1.54, 1.807) is 37.3 Å². The summed E-state index contributed by atoms with van der Waals surface area (Å²) >= 11 is 1.17. The number of hydrogen-bond donors (Lipinski definition) is 1. The first-order valence-corrected chi connectivity index (χ1v) is 11.1. The third-order valence-electron chi connectivity index (χ3n) is 4.97. The number of fused-ring (bicyclic) bond motifs is 1. The molecule has 4 rings (SSSR count). The van der Waals surface area contributed by atoms with Gasteiger partial charge in [-0.3, -0.25) is 14.2 Å². The number of ether oxygens (including phenoxy) is 1. The Kier molecular flexibility index (Phi) is 6.55. The quantitative estimate of drug-likeness (QED) is 0.263. The number of anilines is 1. The zero-order chi connectivity index (χ0) is 23.4. The van der Waals surface area contributed by atoms with Crippen LogP contribution < -0.4 is 10.9 Å². The molecular formula is C25H21N3O4S. The van der Waals surface area contributed by atoms with E-state index in [0.717, 1.165) is 0 Å². The number of hydrogen-bond acceptors (Lipinski definition) is 6. The average Bonchev–Trinajstić information content (AvgIpc) is 2.84. The van der Waals surface area contributed by atoms with E-state index >= 15 is 0 Å². The maximum Gasteiger partial charge on any atom is 0.337 e. The Hall–Kier alpha value is -3.91. The lowest BCUT2D eigenvalue weighted by atomic mass is 10.1. The third kappa shape index (κ3) is 4.80. The van der Waals surface area contributed by atoms with E-state index in [1.165, 1.54) is 35.6 Å². The van der Waals surface area contributed by atoms with Crippen LogP contribution in [-0.2, 0) is 9.53 Å². The molecule has 1 amide bonds. The molecule has 33 heavy (non-hydrogen) atoms. The summed E-state index contributed by atoms with van der Waals surface area (Å²) in [5.74, 6) is -0.737. The van der Waals surface area contributed by atoms with E-state index in [-0.39, 0.29) is 11.5 Å². The van der Waals surface area contributed by atoms with Crippen molar-refractivity contribution < 1.29 is 14.3 Å². The number of nitrogens with one attached hydrogen (secondary N) is 1. The monoisotopic (exact) mass is 459 g/mol. The van der Waals surface area contributed by atoms with E-state index in [2.05, 4.69) is 10.3 Å². The number of para-hydroxylation sites is 2. The van der Waals surface area contributed by atoms with Crippen LogP contribution in [0.4, 0.5) is 5.69 Å². The topological polar surface area (TPSA) is 90.3 Å². The molecule has 7 nitrogen and oxygen atoms in total. The van der Waals surface area contributed by atoms with Crippen molar-refractivity contribution in [1.82, 2.24) is 9.55 Å². The number of aromatic nitrogens is 2. The second-order valence-corrected chi connectivity index (χ2v) is 8.52. The van der Waals surface area contributed by atoms with Gasteiger partial charge >= 0.3 is 5.97 Å². The number of methoxy groups -OCH3 is 1. The summed E-state index contributed by atoms with van der Waals surface area (Å²) in [6.07, 6.45) is 0. The van der Waals surface area contributed by atoms with Gasteiger partial charge in [-0.05, 0) is 49.4 Å². The molecule has 8 heteroatoms. The van der Waals surface area contributed by atoms with Crippen molar-refractivity contribution in [2.75, 3.05) is 12.4 Å². The Morgan fingerprint density at radius 3 is 2.33 bits per heavy atom. The highest BCUT2D eigenvalue weighted by atomic mass is 32.2. The Bertz CT molecular complexity index is 1370. The van der Waals surface area contributed by atoms with Crippen LogP contribution in [0.15, 0.2) is 88.8 Å². The first-order valence-electron chi connectivity index (χ1n) is 10.2. The Morgan fingerprint density at radius 2 is 1.67 bits per heavy atom. The molecule has 1 unspecified atom stereocenters. The molecular weight excluding hydrogens is 438 g/mol. The van der Waals surface area contributed by atoms with Gasteiger partial charge in [0, 0.05) is 5.69 Å². The molecule has 0 radical (unpaired) electrons. The molecule has 0 aliphatic rings. The smallest absolute Gasteiger partial charge is 0.337 e. The van der Waals surface area contributed by atoms with Crippen LogP contribution in [0.1, 0.15) is 17.3 Å². The molecule has 1 N–H and O–H groups in total. The molecule has 3 aromatic carbocycles. The first kappa shape index (κ1) is 22.3. The minimum atomic E-state index is -0.548. The zero-order valence-corrected chi connectivity index (χ0v) is 18.8. The van der Waals surface area contributed by atoms with Gasteiger partial charge in [-0.15, -0.1) is 0 Å². The van der Waals surface area contributed by atoms with E-state index < -0.39 is 11.2 Å². The molecule has 0 saturated carbocycles. The van der Waals surface area contributed by atoms with Gasteiger partial charge in [0.15, 0.2) is 5.16 Å². The van der Waals surface area contributed by atoms with Crippen LogP contribution in [0, 0.1) is 0 Å². The lowest BCUT2D eigenvalue weighted by molar-refractivity contribution is -0.115. The minimum absolute atomic E-state index is 0.219. The zero-order valence-electron chi connectivity index (χ0n) is 18.0. The predicted octanol–water partition coefficient (Wildman–Crippen LogP) is 4.29. The standard InChI is InChI=1S/C25H21N3O4S/c1-16(22(29)26-18-9-5-3-6-10-18)33-25-27-21-15-17(24(31)32-2)13-14-20(21)23(30)28(25)19-11-7-4-8-12-19/h3-16H,1-2H3,(H,26,29). The van der Waals surface area contributed by atoms with Gasteiger partial charge < -0.3 is 10.1 Å². The molecule has 1 atom stereocenters. The SMILES string of the molecule is COC(=O)c1ccc2c(=O)n(-c3ccccc3)c(SC(C)C(=O)Nc3ccccc3)nc2c1. The van der Waals surface area contributed by atoms with Gasteiger partial charge in [-0.2, -0.15) is 0 Å². The predicted molar refractivity (Wildman–Crippen MR) is 129 cm³/mol. The highest BCUT2D eigenvalue weighted by Crippen LogP contribution is 2.26. The van der Waals surface area contributed by atoms with Crippen LogP contribution in [0.2, 0.25) is 0 Å². The number of esters is 1. The van der Waals surface area contributed by atoms with Crippen molar-refractivity contribution in [2.24, 2.45) is 0 Å². The molecule has 1 aromatic heterocycles. The number of nitrogens with zero attached hydrogens (tertiary/aromatic N) is 2. The van der Waals surface area contributed by atoms with Crippen LogP contribution in [0.3, 0.4) is 0 Å². The summed E-state index contributed by atoms with van der Waals surface area (Å²) in [7, 11) is 1.29. The van der Waals surface area contributed by atoms with Crippen LogP contribution in [-0.4, -0.2) is 33.8 Å². The molecule has 0 fully saturated rings. The fraction of sp³-hybridized carbons (Fsp3) is 0.120. The van der Waals surface area contributed by atoms with Crippen LogP contribution in [0.25, 0.3) is 16.6 Å². The first-order chi connectivity index (χ1) is 16.0. The Balaban J connectivity index is 1.77. The van der Waals surface area contributed by atoms with Crippen molar-refractivity contribution in [2.45, 2.75) is 17.3 Å². The van der Waals surface area contributed by atoms with Crippen LogP contribution in [0.5, 0.6) is 0 Å². The van der Waals surface area contributed by atoms with Gasteiger partial charge in [0.2, 0.25) is 5.91 Å². The highest BCUT2D eigenvalue weighted by molar-refractivity contribution is 8.00. The van der Waals surface area contributed by atoms with Crippen molar-refractivity contribution >= 4 is 40.2 Å². The van der Waals surface area contributed by atoms with Crippen molar-refractivity contribution in [3.63, 3.8) is 0 Å². The second-order valence-electron chi connectivity index (χ2n) is 7.21. The van der Waals surface area contributed by atoms with Gasteiger partial charge in [-0.1, -0.05) is 48.2 Å². The molecule has 4 aromatic rings. The summed E-state index contributed by atoms with van der Waals surface area (Å²) in [5.41, 5.74) is 1.67. The van der Waals surface area contributed by atoms with Crippen molar-refractivity contribution in [3.05, 3.63) is 94.8 Å². The lowest BCUT2D eigenvalue weighted by Gasteiger charge is -2.16. The molecule has 0 aliphatic carbocycles. The van der Waals surface area contributed by atoms with Crippen molar-refractivity contribution in [1.29, 1.82) is 0 Å². The molecule has 1 heterocycles. The number of carbonyl (C=O) groups is 2. The number of benzene rings is 3. The average molecular weight is 460 g/mol. The lowest BCUT2D eigenvalue weighted by Crippen LogP contribution is -2.26. The number of rotatable bonds is 6. The van der Waals surface area contributed by atoms with Gasteiger partial charge in [0.05, 0.1) is 34.5 Å². The van der Waals surface area contributed by atoms with E-state index in [0.29, 0.717) is 33.0 Å². The largest absolute Gasteiger partial charge is 0.465 e. The number of carbonyl (C=O) groups excluding carboxylic acids is 2. The fourth-order valence-electron chi connectivity index (χ4n) is 3.27. The minimum Gasteiger partial charge on any atom is -0.465 e. The summed E-state index contributed by atoms with van der Waals surface area (Å²) in [6, 6.07) is 22.9. The summed E-state index contributed by atoms with van der Waals surface area (Å²) < 4.78 is 6.27. The van der Waals surface area contributed by atoms with E-state index in [4.69, 9.17) is 4.74 Å². The summed E-state index contributed by atoms with van der Waals surface area (Å²) in [6.45, 7) is 1.75. The third-order valence-corrected chi connectivity index (χ3v) is 6.02. The number of amides is 1. The van der Waals surface area contributed by atoms with Crippen molar-refractivity contribution in [3.8, 4) is 5.69 Å².